The van der Waals surface area contributed by atoms with Crippen LogP contribution in [0.25, 0.3) is 0 Å². The average Bonchev–Trinajstić information content (AvgIpc) is 3.22. The quantitative estimate of drug-likeness (QED) is 0.321. The van der Waals surface area contributed by atoms with Crippen LogP contribution in [0.5, 0.6) is 0 Å². The van der Waals surface area contributed by atoms with Gasteiger partial charge in [0, 0.05) is 11.8 Å². The molecule has 3 heterocycles. The summed E-state index contributed by atoms with van der Waals surface area (Å²) in [5, 5.41) is 9.93. The van der Waals surface area contributed by atoms with Crippen molar-refractivity contribution in [3.63, 3.8) is 0 Å². The van der Waals surface area contributed by atoms with E-state index in [0.29, 0.717) is 0 Å². The van der Waals surface area contributed by atoms with Gasteiger partial charge in [-0.3, -0.25) is 13.9 Å². The molecule has 1 aromatic rings. The highest BCUT2D eigenvalue weighted by Gasteiger charge is 2.67. The van der Waals surface area contributed by atoms with E-state index in [1.165, 1.54) is 10.8 Å². The zero-order valence-electron chi connectivity index (χ0n) is 26.1. The SMILES string of the molecule is Cc1cn(C2OC(CO[Si](C)(C)C(C)(C)C)C3(OS(=O)(=O)C=C3N)C2O[Si](C)(C)C(C)(C)C)c(=O)n(CCO)c1=O. The van der Waals surface area contributed by atoms with Crippen LogP contribution < -0.4 is 17.0 Å². The van der Waals surface area contributed by atoms with E-state index in [9.17, 15) is 23.1 Å². The summed E-state index contributed by atoms with van der Waals surface area (Å²) in [5.41, 5.74) is 3.49. The fourth-order valence-electron chi connectivity index (χ4n) is 4.45. The molecule has 0 saturated carbocycles. The number of hydrogen-bond donors (Lipinski definition) is 2. The molecule has 1 aromatic heterocycles. The Labute approximate surface area is 244 Å². The van der Waals surface area contributed by atoms with Gasteiger partial charge in [0.2, 0.25) is 0 Å². The predicted octanol–water partition coefficient (Wildman–Crippen LogP) is 2.52. The summed E-state index contributed by atoms with van der Waals surface area (Å²) in [6.45, 7) is 21.2. The lowest BCUT2D eigenvalue weighted by molar-refractivity contribution is -0.0568. The van der Waals surface area contributed by atoms with Gasteiger partial charge in [-0.1, -0.05) is 41.5 Å². The summed E-state index contributed by atoms with van der Waals surface area (Å²) in [7, 11) is -9.29. The molecule has 234 valence electrons. The summed E-state index contributed by atoms with van der Waals surface area (Å²) in [5.74, 6) is 0. The molecule has 1 saturated heterocycles. The van der Waals surface area contributed by atoms with E-state index in [2.05, 4.69) is 33.9 Å². The van der Waals surface area contributed by atoms with Gasteiger partial charge >= 0.3 is 5.69 Å². The van der Waals surface area contributed by atoms with Crippen molar-refractivity contribution in [2.75, 3.05) is 13.2 Å². The molecule has 0 bridgehead atoms. The number of nitrogens with two attached hydrogens (primary N) is 1. The van der Waals surface area contributed by atoms with Gasteiger partial charge in [-0.25, -0.2) is 8.98 Å². The maximum absolute atomic E-state index is 13.7. The van der Waals surface area contributed by atoms with Gasteiger partial charge < -0.3 is 24.4 Å². The highest BCUT2D eigenvalue weighted by molar-refractivity contribution is 7.90. The van der Waals surface area contributed by atoms with Crippen LogP contribution >= 0.6 is 0 Å². The summed E-state index contributed by atoms with van der Waals surface area (Å²) in [4.78, 5) is 26.4. The fourth-order valence-corrected chi connectivity index (χ4v) is 7.96. The first-order chi connectivity index (χ1) is 18.4. The van der Waals surface area contributed by atoms with Crippen molar-refractivity contribution in [2.24, 2.45) is 5.73 Å². The molecule has 0 radical (unpaired) electrons. The Hall–Kier alpha value is -1.60. The highest BCUT2D eigenvalue weighted by atomic mass is 32.2. The van der Waals surface area contributed by atoms with Crippen LogP contribution in [-0.4, -0.2) is 70.3 Å². The largest absolute Gasteiger partial charge is 0.414 e. The van der Waals surface area contributed by atoms with Crippen LogP contribution in [0.2, 0.25) is 36.3 Å². The lowest BCUT2D eigenvalue weighted by Crippen LogP contribution is -2.59. The molecule has 1 fully saturated rings. The van der Waals surface area contributed by atoms with E-state index in [1.54, 1.807) is 6.92 Å². The Bertz CT molecular complexity index is 1420. The van der Waals surface area contributed by atoms with Crippen LogP contribution in [-0.2, 0) is 34.4 Å². The Morgan fingerprint density at radius 1 is 1.07 bits per heavy atom. The van der Waals surface area contributed by atoms with Crippen LogP contribution in [0.4, 0.5) is 0 Å². The first kappa shape index (κ1) is 33.9. The topological polar surface area (TPSA) is 161 Å². The number of rotatable bonds is 8. The van der Waals surface area contributed by atoms with E-state index in [4.69, 9.17) is 23.5 Å². The standard InChI is InChI=1S/C26H47N3O9SSi2/c1-17-14-29(23(32)28(12-13-30)21(17)31)22-20(37-41(10,11)25(5,6)7)26(18(27)16-39(33,34)38-26)19(36-22)15-35-40(8,9)24(2,3)4/h14,16,19-20,22,30H,12-13,15,27H2,1-11H3. The second-order valence-electron chi connectivity index (χ2n) is 14.0. The van der Waals surface area contributed by atoms with Crippen molar-refractivity contribution in [3.8, 4) is 0 Å². The van der Waals surface area contributed by atoms with Gasteiger partial charge in [0.15, 0.2) is 28.5 Å². The monoisotopic (exact) mass is 633 g/mol. The second kappa shape index (κ2) is 10.8. The average molecular weight is 634 g/mol. The Balaban J connectivity index is 2.30. The van der Waals surface area contributed by atoms with Crippen molar-refractivity contribution in [2.45, 2.75) is 115 Å². The van der Waals surface area contributed by atoms with Crippen molar-refractivity contribution in [3.05, 3.63) is 43.7 Å². The zero-order chi connectivity index (χ0) is 31.6. The van der Waals surface area contributed by atoms with Crippen molar-refractivity contribution < 1.29 is 31.3 Å². The first-order valence-corrected chi connectivity index (χ1v) is 21.0. The zero-order valence-corrected chi connectivity index (χ0v) is 28.9. The van der Waals surface area contributed by atoms with E-state index in [-0.39, 0.29) is 34.5 Å². The molecule has 4 unspecified atom stereocenters. The van der Waals surface area contributed by atoms with Crippen LogP contribution in [0, 0.1) is 6.92 Å². The third-order valence-electron chi connectivity index (χ3n) is 9.03. The summed E-state index contributed by atoms with van der Waals surface area (Å²) < 4.78 is 53.6. The molecule has 4 atom stereocenters. The number of aromatic nitrogens is 2. The molecule has 41 heavy (non-hydrogen) atoms. The number of aliphatic hydroxyl groups is 1. The minimum Gasteiger partial charge on any atom is -0.414 e. The van der Waals surface area contributed by atoms with Crippen LogP contribution in [0.3, 0.4) is 0 Å². The molecular weight excluding hydrogens is 587 g/mol. The van der Waals surface area contributed by atoms with E-state index in [1.807, 2.05) is 33.9 Å². The number of aryl methyl sites for hydroxylation is 1. The van der Waals surface area contributed by atoms with Gasteiger partial charge in [0.25, 0.3) is 15.7 Å². The van der Waals surface area contributed by atoms with Crippen molar-refractivity contribution >= 4 is 26.8 Å². The molecule has 15 heteroatoms. The Morgan fingerprint density at radius 3 is 2.10 bits per heavy atom. The molecule has 1 spiro atoms. The second-order valence-corrected chi connectivity index (χ2v) is 25.0. The van der Waals surface area contributed by atoms with E-state index >= 15 is 0 Å². The first-order valence-electron chi connectivity index (χ1n) is 13.8. The molecule has 0 aliphatic carbocycles. The summed E-state index contributed by atoms with van der Waals surface area (Å²) in [6, 6.07) is 0. The minimum atomic E-state index is -4.23. The fraction of sp³-hybridized carbons (Fsp3) is 0.769. The summed E-state index contributed by atoms with van der Waals surface area (Å²) in [6.07, 6.45) is -2.13. The third kappa shape index (κ3) is 6.09. The number of aliphatic hydroxyl groups excluding tert-OH is 1. The van der Waals surface area contributed by atoms with E-state index in [0.717, 1.165) is 9.98 Å². The third-order valence-corrected chi connectivity index (χ3v) is 19.0. The maximum Gasteiger partial charge on any atom is 0.333 e. The molecule has 0 amide bonds. The van der Waals surface area contributed by atoms with Crippen LogP contribution in [0.1, 0.15) is 53.3 Å². The Kier molecular flexibility index (Phi) is 8.96. The van der Waals surface area contributed by atoms with Gasteiger partial charge in [-0.2, -0.15) is 8.42 Å². The maximum atomic E-state index is 13.7. The van der Waals surface area contributed by atoms with Crippen molar-refractivity contribution in [1.29, 1.82) is 0 Å². The molecule has 3 N–H and O–H groups in total. The van der Waals surface area contributed by atoms with Crippen LogP contribution in [0.15, 0.2) is 26.9 Å². The lowest BCUT2D eigenvalue weighted by atomic mass is 9.89. The molecule has 3 rings (SSSR count). The molecule has 0 aromatic carbocycles. The summed E-state index contributed by atoms with van der Waals surface area (Å²) >= 11 is 0. The van der Waals surface area contributed by atoms with Crippen molar-refractivity contribution in [1.82, 2.24) is 9.13 Å². The Morgan fingerprint density at radius 2 is 1.63 bits per heavy atom. The number of nitrogens with zero attached hydrogens (tertiary/aromatic N) is 2. The number of hydrogen-bond acceptors (Lipinski definition) is 10. The molecule has 2 aliphatic heterocycles. The normalized spacial score (nSPS) is 27.0. The highest BCUT2D eigenvalue weighted by Crippen LogP contribution is 2.52. The van der Waals surface area contributed by atoms with Gasteiger partial charge in [-0.05, 0) is 43.2 Å². The molecular formula is C26H47N3O9SSi2. The van der Waals surface area contributed by atoms with Gasteiger partial charge in [0.05, 0.1) is 30.9 Å². The smallest absolute Gasteiger partial charge is 0.333 e. The molecule has 12 nitrogen and oxygen atoms in total. The van der Waals surface area contributed by atoms with Gasteiger partial charge in [-0.15, -0.1) is 0 Å². The minimum absolute atomic E-state index is 0.0710. The predicted molar refractivity (Wildman–Crippen MR) is 161 cm³/mol. The van der Waals surface area contributed by atoms with Gasteiger partial charge in [0.1, 0.15) is 12.2 Å². The molecule has 2 aliphatic rings. The lowest BCUT2D eigenvalue weighted by Gasteiger charge is -2.43. The number of ether oxygens (including phenoxy) is 1. The van der Waals surface area contributed by atoms with E-state index < -0.39 is 68.6 Å².